The van der Waals surface area contributed by atoms with Gasteiger partial charge in [0, 0.05) is 58.1 Å². The maximum atomic E-state index is 12.7. The minimum absolute atomic E-state index is 0.0579. The van der Waals surface area contributed by atoms with Gasteiger partial charge in [-0.2, -0.15) is 0 Å². The lowest BCUT2D eigenvalue weighted by atomic mass is 10.1. The van der Waals surface area contributed by atoms with Crippen LogP contribution < -0.4 is 10.1 Å². The van der Waals surface area contributed by atoms with Gasteiger partial charge in [0.1, 0.15) is 5.56 Å². The van der Waals surface area contributed by atoms with E-state index in [1.54, 1.807) is 17.9 Å². The fraction of sp³-hybridized carbons (Fsp3) is 0.450. The Morgan fingerprint density at radius 1 is 1.14 bits per heavy atom. The molecule has 3 rings (SSSR count). The first-order chi connectivity index (χ1) is 13.5. The van der Waals surface area contributed by atoms with Gasteiger partial charge in [0.05, 0.1) is 7.11 Å². The molecule has 2 amide bonds. The highest BCUT2D eigenvalue weighted by atomic mass is 16.5. The third-order valence-electron chi connectivity index (χ3n) is 4.91. The number of aromatic nitrogens is 2. The van der Waals surface area contributed by atoms with Gasteiger partial charge in [0.2, 0.25) is 5.88 Å². The predicted octanol–water partition coefficient (Wildman–Crippen LogP) is 0.925. The molecule has 1 fully saturated rings. The number of hydrogen-bond donors (Lipinski definition) is 1. The highest BCUT2D eigenvalue weighted by Gasteiger charge is 2.26. The molecule has 0 unspecified atom stereocenters. The van der Waals surface area contributed by atoms with Gasteiger partial charge in [0.15, 0.2) is 0 Å². The minimum atomic E-state index is -0.0581. The molecule has 8 heteroatoms. The first-order valence-corrected chi connectivity index (χ1v) is 9.42. The van der Waals surface area contributed by atoms with E-state index in [4.69, 9.17) is 4.74 Å². The maximum Gasteiger partial charge on any atom is 0.261 e. The van der Waals surface area contributed by atoms with Gasteiger partial charge in [-0.1, -0.05) is 17.7 Å². The van der Waals surface area contributed by atoms with Crippen molar-refractivity contribution >= 4 is 11.8 Å². The molecule has 1 aromatic heterocycles. The van der Waals surface area contributed by atoms with Crippen LogP contribution in [0.5, 0.6) is 5.88 Å². The van der Waals surface area contributed by atoms with Crippen LogP contribution in [-0.2, 0) is 7.05 Å². The van der Waals surface area contributed by atoms with Gasteiger partial charge in [-0.05, 0) is 19.1 Å². The Kier molecular flexibility index (Phi) is 6.30. The summed E-state index contributed by atoms with van der Waals surface area (Å²) < 4.78 is 6.77. The number of amides is 2. The number of benzene rings is 1. The second kappa shape index (κ2) is 8.88. The van der Waals surface area contributed by atoms with Crippen LogP contribution >= 0.6 is 0 Å². The Morgan fingerprint density at radius 3 is 2.46 bits per heavy atom. The Morgan fingerprint density at radius 2 is 1.82 bits per heavy atom. The fourth-order valence-corrected chi connectivity index (χ4v) is 3.24. The number of rotatable bonds is 6. The number of hydrogen-bond acceptors (Lipinski definition) is 5. The van der Waals surface area contributed by atoms with Gasteiger partial charge in [0.25, 0.3) is 11.8 Å². The lowest BCUT2D eigenvalue weighted by Gasteiger charge is -2.34. The normalized spacial score (nSPS) is 14.8. The topological polar surface area (TPSA) is 79.7 Å². The second-order valence-electron chi connectivity index (χ2n) is 6.98. The van der Waals surface area contributed by atoms with Gasteiger partial charge < -0.3 is 15.0 Å². The van der Waals surface area contributed by atoms with Crippen LogP contribution in [0.2, 0.25) is 0 Å². The zero-order valence-corrected chi connectivity index (χ0v) is 16.6. The molecular formula is C20H27N5O3. The molecule has 0 aliphatic carbocycles. The third kappa shape index (κ3) is 4.69. The van der Waals surface area contributed by atoms with Crippen molar-refractivity contribution in [1.82, 2.24) is 24.9 Å². The number of nitrogens with one attached hydrogen (secondary N) is 1. The van der Waals surface area contributed by atoms with E-state index in [1.165, 1.54) is 7.11 Å². The van der Waals surface area contributed by atoms with Crippen molar-refractivity contribution in [2.45, 2.75) is 6.92 Å². The molecule has 2 heterocycles. The molecule has 1 aromatic carbocycles. The van der Waals surface area contributed by atoms with Crippen molar-refractivity contribution < 1.29 is 14.3 Å². The van der Waals surface area contributed by atoms with Crippen molar-refractivity contribution in [3.63, 3.8) is 0 Å². The van der Waals surface area contributed by atoms with E-state index >= 15 is 0 Å². The molecule has 1 aliphatic heterocycles. The Hall–Kier alpha value is -2.87. The van der Waals surface area contributed by atoms with E-state index in [9.17, 15) is 9.59 Å². The van der Waals surface area contributed by atoms with Crippen molar-refractivity contribution in [3.8, 4) is 5.88 Å². The van der Waals surface area contributed by atoms with Crippen LogP contribution in [0.4, 0.5) is 0 Å². The lowest BCUT2D eigenvalue weighted by molar-refractivity contribution is 0.0635. The zero-order chi connectivity index (χ0) is 20.1. The molecule has 8 nitrogen and oxygen atoms in total. The summed E-state index contributed by atoms with van der Waals surface area (Å²) in [6.07, 6.45) is 1.69. The summed E-state index contributed by atoms with van der Waals surface area (Å²) in [5.41, 5.74) is 2.29. The quantitative estimate of drug-likeness (QED) is 0.800. The van der Waals surface area contributed by atoms with Crippen LogP contribution in [0.3, 0.4) is 0 Å². The number of carbonyl (C=O) groups is 2. The average molecular weight is 385 g/mol. The number of nitrogens with zero attached hydrogens (tertiary/aromatic N) is 4. The summed E-state index contributed by atoms with van der Waals surface area (Å²) in [5.74, 6) is 0.239. The summed E-state index contributed by atoms with van der Waals surface area (Å²) in [6.45, 7) is 6.17. The van der Waals surface area contributed by atoms with E-state index in [0.717, 1.165) is 25.2 Å². The second-order valence-corrected chi connectivity index (χ2v) is 6.98. The molecule has 0 spiro atoms. The molecule has 1 saturated heterocycles. The van der Waals surface area contributed by atoms with Crippen molar-refractivity contribution in [2.75, 3.05) is 46.4 Å². The Bertz CT molecular complexity index is 823. The van der Waals surface area contributed by atoms with Crippen LogP contribution in [0.1, 0.15) is 26.3 Å². The molecule has 0 atom stereocenters. The molecule has 0 radical (unpaired) electrons. The minimum Gasteiger partial charge on any atom is -0.479 e. The SMILES string of the molecule is COc1nn(C)cc1C(=O)N1CCN(CCNC(=O)c2ccc(C)cc2)CC1. The summed E-state index contributed by atoms with van der Waals surface area (Å²) in [5, 5.41) is 7.10. The number of methoxy groups -OCH3 is 1. The van der Waals surface area contributed by atoms with Crippen molar-refractivity contribution in [2.24, 2.45) is 7.05 Å². The van der Waals surface area contributed by atoms with Crippen LogP contribution in [-0.4, -0.2) is 77.8 Å². The summed E-state index contributed by atoms with van der Waals surface area (Å²) in [7, 11) is 3.28. The number of carbonyl (C=O) groups excluding carboxylic acids is 2. The number of ether oxygens (including phenoxy) is 1. The third-order valence-corrected chi connectivity index (χ3v) is 4.91. The average Bonchev–Trinajstić information content (AvgIpc) is 3.09. The highest BCUT2D eigenvalue weighted by molar-refractivity contribution is 5.96. The molecule has 2 aromatic rings. The molecule has 28 heavy (non-hydrogen) atoms. The van der Waals surface area contributed by atoms with Gasteiger partial charge >= 0.3 is 0 Å². The molecule has 1 aliphatic rings. The van der Waals surface area contributed by atoms with Crippen molar-refractivity contribution in [1.29, 1.82) is 0 Å². The molecule has 1 N–H and O–H groups in total. The zero-order valence-electron chi connectivity index (χ0n) is 16.6. The molecular weight excluding hydrogens is 358 g/mol. The summed E-state index contributed by atoms with van der Waals surface area (Å²) in [6, 6.07) is 7.54. The lowest BCUT2D eigenvalue weighted by Crippen LogP contribution is -2.50. The molecule has 0 saturated carbocycles. The first kappa shape index (κ1) is 19.9. The molecule has 0 bridgehead atoms. The highest BCUT2D eigenvalue weighted by Crippen LogP contribution is 2.18. The van der Waals surface area contributed by atoms with Crippen LogP contribution in [0.15, 0.2) is 30.5 Å². The largest absolute Gasteiger partial charge is 0.479 e. The fourth-order valence-electron chi connectivity index (χ4n) is 3.24. The van der Waals surface area contributed by atoms with E-state index in [0.29, 0.717) is 36.6 Å². The molecule has 150 valence electrons. The Balaban J connectivity index is 1.43. The maximum absolute atomic E-state index is 12.7. The smallest absolute Gasteiger partial charge is 0.261 e. The van der Waals surface area contributed by atoms with Crippen LogP contribution in [0.25, 0.3) is 0 Å². The van der Waals surface area contributed by atoms with Crippen LogP contribution in [0, 0.1) is 6.92 Å². The number of aryl methyl sites for hydroxylation is 2. The van der Waals surface area contributed by atoms with Gasteiger partial charge in [-0.25, -0.2) is 0 Å². The monoisotopic (exact) mass is 385 g/mol. The van der Waals surface area contributed by atoms with Crippen molar-refractivity contribution in [3.05, 3.63) is 47.2 Å². The first-order valence-electron chi connectivity index (χ1n) is 9.42. The van der Waals surface area contributed by atoms with E-state index in [2.05, 4.69) is 15.3 Å². The predicted molar refractivity (Wildman–Crippen MR) is 106 cm³/mol. The Labute approximate surface area is 165 Å². The summed E-state index contributed by atoms with van der Waals surface area (Å²) >= 11 is 0. The standard InChI is InChI=1S/C20H27N5O3/c1-15-4-6-16(7-5-15)18(26)21-8-9-24-10-12-25(13-11-24)20(27)17-14-23(2)22-19(17)28-3/h4-7,14H,8-13H2,1-3H3,(H,21,26). The number of piperazine rings is 1. The van der Waals surface area contributed by atoms with Gasteiger partial charge in [-0.15, -0.1) is 5.10 Å². The summed E-state index contributed by atoms with van der Waals surface area (Å²) in [4.78, 5) is 28.9. The van der Waals surface area contributed by atoms with E-state index in [1.807, 2.05) is 36.1 Å². The van der Waals surface area contributed by atoms with E-state index < -0.39 is 0 Å². The van der Waals surface area contributed by atoms with Gasteiger partial charge in [-0.3, -0.25) is 19.2 Å². The van der Waals surface area contributed by atoms with E-state index in [-0.39, 0.29) is 11.8 Å².